The molecule has 0 saturated carbocycles. The fraction of sp³-hybridized carbons (Fsp3) is 0.167. The maximum Gasteiger partial charge on any atom is 0.222 e. The zero-order chi connectivity index (χ0) is 11.5. The van der Waals surface area contributed by atoms with Crippen molar-refractivity contribution in [1.29, 1.82) is 0 Å². The molecular formula is C12H12ClN3. The van der Waals surface area contributed by atoms with Crippen LogP contribution in [0.4, 0.5) is 5.95 Å². The molecule has 16 heavy (non-hydrogen) atoms. The summed E-state index contributed by atoms with van der Waals surface area (Å²) in [7, 11) is 1.80. The summed E-state index contributed by atoms with van der Waals surface area (Å²) in [5.74, 6) is 0.612. The van der Waals surface area contributed by atoms with E-state index >= 15 is 0 Å². The van der Waals surface area contributed by atoms with E-state index in [0.717, 1.165) is 16.8 Å². The summed E-state index contributed by atoms with van der Waals surface area (Å²) in [5, 5.41) is 3.63. The fourth-order valence-corrected chi connectivity index (χ4v) is 1.68. The van der Waals surface area contributed by atoms with E-state index in [0.29, 0.717) is 11.0 Å². The summed E-state index contributed by atoms with van der Waals surface area (Å²) in [6.45, 7) is 1.98. The topological polar surface area (TPSA) is 37.8 Å². The predicted molar refractivity (Wildman–Crippen MR) is 66.8 cm³/mol. The number of halogens is 1. The lowest BCUT2D eigenvalue weighted by Crippen LogP contribution is -1.99. The first-order valence-corrected chi connectivity index (χ1v) is 5.36. The monoisotopic (exact) mass is 233 g/mol. The van der Waals surface area contributed by atoms with Gasteiger partial charge in [-0.05, 0) is 24.6 Å². The number of aromatic nitrogens is 2. The van der Waals surface area contributed by atoms with Crippen LogP contribution in [0.1, 0.15) is 5.56 Å². The Labute approximate surface area is 99.5 Å². The van der Waals surface area contributed by atoms with Crippen LogP contribution in [0.2, 0.25) is 5.02 Å². The van der Waals surface area contributed by atoms with Crippen molar-refractivity contribution in [2.75, 3.05) is 12.4 Å². The zero-order valence-electron chi connectivity index (χ0n) is 9.16. The van der Waals surface area contributed by atoms with Crippen molar-refractivity contribution in [1.82, 2.24) is 9.97 Å². The summed E-state index contributed by atoms with van der Waals surface area (Å²) in [6, 6.07) is 7.65. The molecule has 2 rings (SSSR count). The van der Waals surface area contributed by atoms with Crippen molar-refractivity contribution in [3.8, 4) is 11.3 Å². The van der Waals surface area contributed by atoms with Crippen LogP contribution in [0.5, 0.6) is 0 Å². The Morgan fingerprint density at radius 2 is 2.12 bits per heavy atom. The normalized spacial score (nSPS) is 10.2. The van der Waals surface area contributed by atoms with Crippen molar-refractivity contribution in [3.63, 3.8) is 0 Å². The van der Waals surface area contributed by atoms with Gasteiger partial charge in [0.15, 0.2) is 0 Å². The molecule has 4 heteroatoms. The molecule has 1 heterocycles. The molecule has 0 radical (unpaired) electrons. The number of aryl methyl sites for hydroxylation is 1. The van der Waals surface area contributed by atoms with Gasteiger partial charge in [-0.25, -0.2) is 9.97 Å². The minimum atomic E-state index is 0.612. The van der Waals surface area contributed by atoms with Crippen LogP contribution in [-0.2, 0) is 0 Å². The minimum absolute atomic E-state index is 0.612. The third kappa shape index (κ3) is 2.14. The molecule has 1 aromatic carbocycles. The van der Waals surface area contributed by atoms with Crippen LogP contribution >= 0.6 is 11.6 Å². The van der Waals surface area contributed by atoms with Crippen molar-refractivity contribution in [2.24, 2.45) is 0 Å². The second-order valence-electron chi connectivity index (χ2n) is 3.49. The summed E-state index contributed by atoms with van der Waals surface area (Å²) in [5.41, 5.74) is 2.94. The number of hydrogen-bond donors (Lipinski definition) is 1. The van der Waals surface area contributed by atoms with E-state index in [2.05, 4.69) is 15.3 Å². The Balaban J connectivity index is 2.54. The Bertz CT molecular complexity index is 511. The highest BCUT2D eigenvalue weighted by molar-refractivity contribution is 6.30. The van der Waals surface area contributed by atoms with Gasteiger partial charge in [-0.15, -0.1) is 0 Å². The molecule has 0 saturated heterocycles. The Hall–Kier alpha value is -1.61. The van der Waals surface area contributed by atoms with Crippen LogP contribution in [0.25, 0.3) is 11.3 Å². The average molecular weight is 234 g/mol. The van der Waals surface area contributed by atoms with Gasteiger partial charge in [0, 0.05) is 23.8 Å². The second kappa shape index (κ2) is 4.49. The van der Waals surface area contributed by atoms with E-state index in [1.54, 1.807) is 13.2 Å². The number of anilines is 1. The molecule has 0 aliphatic rings. The number of nitrogens with one attached hydrogen (secondary N) is 1. The summed E-state index contributed by atoms with van der Waals surface area (Å²) < 4.78 is 0. The second-order valence-corrected chi connectivity index (χ2v) is 3.92. The maximum atomic E-state index is 5.96. The van der Waals surface area contributed by atoms with E-state index in [-0.39, 0.29) is 0 Å². The molecule has 0 bridgehead atoms. The third-order valence-corrected chi connectivity index (χ3v) is 2.53. The quantitative estimate of drug-likeness (QED) is 0.866. The highest BCUT2D eigenvalue weighted by Gasteiger charge is 2.05. The van der Waals surface area contributed by atoms with Crippen molar-refractivity contribution in [2.45, 2.75) is 6.92 Å². The van der Waals surface area contributed by atoms with Crippen LogP contribution < -0.4 is 5.32 Å². The molecule has 0 atom stereocenters. The van der Waals surface area contributed by atoms with Gasteiger partial charge in [0.05, 0.1) is 5.69 Å². The molecule has 82 valence electrons. The molecule has 1 N–H and O–H groups in total. The van der Waals surface area contributed by atoms with Crippen LogP contribution in [0.15, 0.2) is 30.5 Å². The van der Waals surface area contributed by atoms with Crippen molar-refractivity contribution >= 4 is 17.5 Å². The fourth-order valence-electron chi connectivity index (χ4n) is 1.49. The van der Waals surface area contributed by atoms with Gasteiger partial charge >= 0.3 is 0 Å². The van der Waals surface area contributed by atoms with E-state index in [9.17, 15) is 0 Å². The standard InChI is InChI=1S/C12H12ClN3/c1-8-7-15-12(14-2)16-11(8)9-4-3-5-10(13)6-9/h3-7H,1-2H3,(H,14,15,16). The summed E-state index contributed by atoms with van der Waals surface area (Å²) >= 11 is 5.96. The largest absolute Gasteiger partial charge is 0.357 e. The molecule has 3 nitrogen and oxygen atoms in total. The molecular weight excluding hydrogens is 222 g/mol. The molecule has 0 spiro atoms. The van der Waals surface area contributed by atoms with E-state index < -0.39 is 0 Å². The number of benzene rings is 1. The van der Waals surface area contributed by atoms with E-state index in [1.165, 1.54) is 0 Å². The molecule has 0 amide bonds. The van der Waals surface area contributed by atoms with Crippen LogP contribution in [0, 0.1) is 6.92 Å². The minimum Gasteiger partial charge on any atom is -0.357 e. The summed E-state index contributed by atoms with van der Waals surface area (Å²) in [4.78, 5) is 8.57. The molecule has 0 fully saturated rings. The molecule has 1 aromatic heterocycles. The third-order valence-electron chi connectivity index (χ3n) is 2.29. The van der Waals surface area contributed by atoms with Crippen LogP contribution in [-0.4, -0.2) is 17.0 Å². The van der Waals surface area contributed by atoms with Gasteiger partial charge in [0.2, 0.25) is 5.95 Å². The van der Waals surface area contributed by atoms with Gasteiger partial charge < -0.3 is 5.32 Å². The molecule has 0 aliphatic carbocycles. The van der Waals surface area contributed by atoms with Gasteiger partial charge in [0.1, 0.15) is 0 Å². The maximum absolute atomic E-state index is 5.96. The average Bonchev–Trinajstić information content (AvgIpc) is 2.30. The lowest BCUT2D eigenvalue weighted by atomic mass is 10.1. The van der Waals surface area contributed by atoms with Crippen LogP contribution in [0.3, 0.4) is 0 Å². The Kier molecular flexibility index (Phi) is 3.06. The first-order chi connectivity index (χ1) is 7.70. The van der Waals surface area contributed by atoms with Gasteiger partial charge in [0.25, 0.3) is 0 Å². The predicted octanol–water partition coefficient (Wildman–Crippen LogP) is 3.15. The first kappa shape index (κ1) is 10.9. The van der Waals surface area contributed by atoms with E-state index in [1.807, 2.05) is 31.2 Å². The Morgan fingerprint density at radius 3 is 2.81 bits per heavy atom. The number of rotatable bonds is 2. The van der Waals surface area contributed by atoms with Gasteiger partial charge in [-0.1, -0.05) is 23.7 Å². The van der Waals surface area contributed by atoms with Crippen molar-refractivity contribution in [3.05, 3.63) is 41.0 Å². The zero-order valence-corrected chi connectivity index (χ0v) is 9.92. The Morgan fingerprint density at radius 1 is 1.31 bits per heavy atom. The van der Waals surface area contributed by atoms with E-state index in [4.69, 9.17) is 11.6 Å². The van der Waals surface area contributed by atoms with Gasteiger partial charge in [-0.3, -0.25) is 0 Å². The number of hydrogen-bond acceptors (Lipinski definition) is 3. The smallest absolute Gasteiger partial charge is 0.222 e. The van der Waals surface area contributed by atoms with Crippen molar-refractivity contribution < 1.29 is 0 Å². The number of nitrogens with zero attached hydrogens (tertiary/aromatic N) is 2. The van der Waals surface area contributed by atoms with Gasteiger partial charge in [-0.2, -0.15) is 0 Å². The highest BCUT2D eigenvalue weighted by atomic mass is 35.5. The summed E-state index contributed by atoms with van der Waals surface area (Å²) in [6.07, 6.45) is 1.80. The highest BCUT2D eigenvalue weighted by Crippen LogP contribution is 2.24. The molecule has 0 unspecified atom stereocenters. The first-order valence-electron chi connectivity index (χ1n) is 4.98. The SMILES string of the molecule is CNc1ncc(C)c(-c2cccc(Cl)c2)n1. The molecule has 0 aliphatic heterocycles. The lowest BCUT2D eigenvalue weighted by molar-refractivity contribution is 1.12. The molecule has 2 aromatic rings. The lowest BCUT2D eigenvalue weighted by Gasteiger charge is -2.07.